The van der Waals surface area contributed by atoms with Crippen LogP contribution >= 0.6 is 11.6 Å². The van der Waals surface area contributed by atoms with Gasteiger partial charge in [-0.25, -0.2) is 0 Å². The van der Waals surface area contributed by atoms with Crippen LogP contribution in [0.15, 0.2) is 30.3 Å². The number of hydrogen-bond acceptors (Lipinski definition) is 3. The van der Waals surface area contributed by atoms with E-state index in [0.29, 0.717) is 16.3 Å². The predicted octanol–water partition coefficient (Wildman–Crippen LogP) is 2.59. The molecule has 0 spiro atoms. The minimum atomic E-state index is -1.12. The maximum atomic E-state index is 11.0. The molecule has 94 valence electrons. The Labute approximate surface area is 109 Å². The van der Waals surface area contributed by atoms with Gasteiger partial charge in [-0.05, 0) is 35.0 Å². The van der Waals surface area contributed by atoms with E-state index in [1.165, 1.54) is 7.11 Å². The molecule has 18 heavy (non-hydrogen) atoms. The number of ether oxygens (including phenoxy) is 1. The zero-order chi connectivity index (χ0) is 13.3. The third-order valence-electron chi connectivity index (χ3n) is 2.75. The van der Waals surface area contributed by atoms with Crippen LogP contribution in [0.3, 0.4) is 0 Å². The molecule has 5 heteroatoms. The molecule has 0 amide bonds. The van der Waals surface area contributed by atoms with Gasteiger partial charge in [-0.2, -0.15) is 0 Å². The Morgan fingerprint density at radius 3 is 2.67 bits per heavy atom. The smallest absolute Gasteiger partial charge is 0.325 e. The van der Waals surface area contributed by atoms with Gasteiger partial charge < -0.3 is 15.6 Å². The highest BCUT2D eigenvalue weighted by Gasteiger charge is 2.19. The number of carbonyl (C=O) groups is 1. The molecule has 0 aliphatic carbocycles. The maximum Gasteiger partial charge on any atom is 0.325 e. The number of halogens is 1. The molecule has 0 bridgehead atoms. The second-order valence-electron chi connectivity index (χ2n) is 3.90. The van der Waals surface area contributed by atoms with E-state index in [1.807, 2.05) is 6.07 Å². The molecule has 0 aliphatic heterocycles. The largest absolute Gasteiger partial charge is 0.496 e. The van der Waals surface area contributed by atoms with Gasteiger partial charge in [0.25, 0.3) is 0 Å². The van der Waals surface area contributed by atoms with Gasteiger partial charge in [-0.15, -0.1) is 0 Å². The molecule has 4 nitrogen and oxygen atoms in total. The molecule has 3 N–H and O–H groups in total. The first-order chi connectivity index (χ1) is 8.52. The fraction of sp³-hybridized carbons (Fsp3) is 0.154. The maximum absolute atomic E-state index is 11.0. The Morgan fingerprint density at radius 1 is 1.33 bits per heavy atom. The van der Waals surface area contributed by atoms with E-state index in [4.69, 9.17) is 27.2 Å². The summed E-state index contributed by atoms with van der Waals surface area (Å²) in [5, 5.41) is 11.3. The van der Waals surface area contributed by atoms with Crippen LogP contribution in [0.1, 0.15) is 11.6 Å². The Balaban J connectivity index is 2.67. The SMILES string of the molecule is COc1cc2ccc(Cl)cc2cc1C(N)C(=O)O. The summed E-state index contributed by atoms with van der Waals surface area (Å²) in [6.07, 6.45) is 0. The number of methoxy groups -OCH3 is 1. The van der Waals surface area contributed by atoms with Crippen molar-refractivity contribution in [2.75, 3.05) is 7.11 Å². The van der Waals surface area contributed by atoms with Crippen LogP contribution in [0.25, 0.3) is 10.8 Å². The zero-order valence-electron chi connectivity index (χ0n) is 9.68. The minimum absolute atomic E-state index is 0.430. The minimum Gasteiger partial charge on any atom is -0.496 e. The summed E-state index contributed by atoms with van der Waals surface area (Å²) in [6.45, 7) is 0. The molecule has 1 unspecified atom stereocenters. The van der Waals surface area contributed by atoms with E-state index in [-0.39, 0.29) is 0 Å². The van der Waals surface area contributed by atoms with Crippen molar-refractivity contribution >= 4 is 28.3 Å². The molecule has 0 heterocycles. The molecule has 2 rings (SSSR count). The summed E-state index contributed by atoms with van der Waals surface area (Å²) in [6, 6.07) is 7.69. The highest BCUT2D eigenvalue weighted by atomic mass is 35.5. The third-order valence-corrected chi connectivity index (χ3v) is 2.99. The molecule has 0 saturated carbocycles. The van der Waals surface area contributed by atoms with Gasteiger partial charge in [-0.1, -0.05) is 17.7 Å². The number of carboxylic acid groups (broad SMARTS) is 1. The van der Waals surface area contributed by atoms with Crippen molar-refractivity contribution in [1.82, 2.24) is 0 Å². The molecule has 0 radical (unpaired) electrons. The molecule has 2 aromatic rings. The Bertz CT molecular complexity index is 612. The van der Waals surface area contributed by atoms with Crippen molar-refractivity contribution in [2.24, 2.45) is 5.73 Å². The van der Waals surface area contributed by atoms with E-state index in [0.717, 1.165) is 10.8 Å². The zero-order valence-corrected chi connectivity index (χ0v) is 10.4. The number of rotatable bonds is 3. The van der Waals surface area contributed by atoms with Crippen molar-refractivity contribution in [3.05, 3.63) is 40.9 Å². The first kappa shape index (κ1) is 12.7. The Morgan fingerprint density at radius 2 is 2.06 bits per heavy atom. The average Bonchev–Trinajstić information content (AvgIpc) is 2.36. The second-order valence-corrected chi connectivity index (χ2v) is 4.34. The van der Waals surface area contributed by atoms with Crippen molar-refractivity contribution < 1.29 is 14.6 Å². The summed E-state index contributed by atoms with van der Waals surface area (Å²) >= 11 is 5.91. The van der Waals surface area contributed by atoms with E-state index in [1.54, 1.807) is 24.3 Å². The fourth-order valence-electron chi connectivity index (χ4n) is 1.82. The lowest BCUT2D eigenvalue weighted by Crippen LogP contribution is -2.21. The summed E-state index contributed by atoms with van der Waals surface area (Å²) in [5.41, 5.74) is 6.06. The van der Waals surface area contributed by atoms with Gasteiger partial charge in [0.1, 0.15) is 11.8 Å². The Hall–Kier alpha value is -1.78. The standard InChI is InChI=1S/C13H12ClNO3/c1-18-11-6-7-2-3-9(14)4-8(7)5-10(11)12(15)13(16)17/h2-6,12H,15H2,1H3,(H,16,17). The highest BCUT2D eigenvalue weighted by molar-refractivity contribution is 6.31. The molecule has 2 aromatic carbocycles. The van der Waals surface area contributed by atoms with Crippen molar-refractivity contribution in [2.45, 2.75) is 6.04 Å². The number of benzene rings is 2. The van der Waals surface area contributed by atoms with Crippen molar-refractivity contribution in [3.63, 3.8) is 0 Å². The molecule has 0 fully saturated rings. The van der Waals surface area contributed by atoms with Gasteiger partial charge in [-0.3, -0.25) is 4.79 Å². The van der Waals surface area contributed by atoms with Gasteiger partial charge in [0.05, 0.1) is 7.11 Å². The van der Waals surface area contributed by atoms with E-state index >= 15 is 0 Å². The highest BCUT2D eigenvalue weighted by Crippen LogP contribution is 2.31. The van der Waals surface area contributed by atoms with Crippen LogP contribution in [0.4, 0.5) is 0 Å². The number of nitrogens with two attached hydrogens (primary N) is 1. The first-order valence-corrected chi connectivity index (χ1v) is 5.66. The lowest BCUT2D eigenvalue weighted by atomic mass is 10.0. The van der Waals surface area contributed by atoms with Crippen LogP contribution < -0.4 is 10.5 Å². The summed E-state index contributed by atoms with van der Waals surface area (Å²) in [5.74, 6) is -0.644. The molecule has 0 aromatic heterocycles. The summed E-state index contributed by atoms with van der Waals surface area (Å²) < 4.78 is 5.18. The number of hydrogen-bond donors (Lipinski definition) is 2. The van der Waals surface area contributed by atoms with Gasteiger partial charge in [0, 0.05) is 10.6 Å². The van der Waals surface area contributed by atoms with E-state index in [9.17, 15) is 4.79 Å². The van der Waals surface area contributed by atoms with Crippen molar-refractivity contribution in [1.29, 1.82) is 0 Å². The lowest BCUT2D eigenvalue weighted by Gasteiger charge is -2.13. The molecule has 0 saturated heterocycles. The molecule has 1 atom stereocenters. The predicted molar refractivity (Wildman–Crippen MR) is 70.1 cm³/mol. The topological polar surface area (TPSA) is 72.5 Å². The van der Waals surface area contributed by atoms with Crippen LogP contribution in [0, 0.1) is 0 Å². The lowest BCUT2D eigenvalue weighted by molar-refractivity contribution is -0.138. The molecular formula is C13H12ClNO3. The van der Waals surface area contributed by atoms with E-state index in [2.05, 4.69) is 0 Å². The van der Waals surface area contributed by atoms with Gasteiger partial charge in [0.2, 0.25) is 0 Å². The second kappa shape index (κ2) is 4.84. The van der Waals surface area contributed by atoms with Crippen LogP contribution in [-0.4, -0.2) is 18.2 Å². The molecular weight excluding hydrogens is 254 g/mol. The van der Waals surface area contributed by atoms with Crippen LogP contribution in [0.2, 0.25) is 5.02 Å². The van der Waals surface area contributed by atoms with E-state index < -0.39 is 12.0 Å². The van der Waals surface area contributed by atoms with Crippen molar-refractivity contribution in [3.8, 4) is 5.75 Å². The molecule has 0 aliphatic rings. The summed E-state index contributed by atoms with van der Waals surface area (Å²) in [4.78, 5) is 11.0. The van der Waals surface area contributed by atoms with Gasteiger partial charge >= 0.3 is 5.97 Å². The van der Waals surface area contributed by atoms with Crippen LogP contribution in [0.5, 0.6) is 5.75 Å². The van der Waals surface area contributed by atoms with Gasteiger partial charge in [0.15, 0.2) is 0 Å². The summed E-state index contributed by atoms with van der Waals surface area (Å²) in [7, 11) is 1.48. The fourth-order valence-corrected chi connectivity index (χ4v) is 2.00. The van der Waals surface area contributed by atoms with Crippen LogP contribution in [-0.2, 0) is 4.79 Å². The number of aliphatic carboxylic acids is 1. The Kier molecular flexibility index (Phi) is 3.41. The number of carboxylic acids is 1. The third kappa shape index (κ3) is 2.25. The monoisotopic (exact) mass is 265 g/mol. The average molecular weight is 266 g/mol. The normalized spacial score (nSPS) is 12.4. The first-order valence-electron chi connectivity index (χ1n) is 5.28. The number of fused-ring (bicyclic) bond motifs is 1. The quantitative estimate of drug-likeness (QED) is 0.895.